The number of hydrogen-bond donors (Lipinski definition) is 2. The molecular formula is C9H21NO2. The summed E-state index contributed by atoms with van der Waals surface area (Å²) >= 11 is 0. The van der Waals surface area contributed by atoms with Gasteiger partial charge in [0.15, 0.2) is 0 Å². The van der Waals surface area contributed by atoms with Gasteiger partial charge in [-0.2, -0.15) is 0 Å². The van der Waals surface area contributed by atoms with E-state index in [0.29, 0.717) is 6.54 Å². The predicted molar refractivity (Wildman–Crippen MR) is 50.1 cm³/mol. The summed E-state index contributed by atoms with van der Waals surface area (Å²) in [6, 6.07) is 0. The van der Waals surface area contributed by atoms with E-state index in [1.165, 1.54) is 0 Å². The molecule has 0 rings (SSSR count). The second kappa shape index (κ2) is 3.73. The Labute approximate surface area is 75.0 Å². The number of aliphatic hydroxyl groups excluding tert-OH is 1. The smallest absolute Gasteiger partial charge is 0.0769 e. The molecule has 0 spiro atoms. The number of rotatable bonds is 4. The second-order valence-corrected chi connectivity index (χ2v) is 4.26. The fourth-order valence-corrected chi connectivity index (χ4v) is 0.897. The molecule has 3 heteroatoms. The number of aliphatic hydroxyl groups is 2. The van der Waals surface area contributed by atoms with Crippen molar-refractivity contribution in [1.29, 1.82) is 0 Å². The lowest BCUT2D eigenvalue weighted by molar-refractivity contribution is -0.0659. The summed E-state index contributed by atoms with van der Waals surface area (Å²) in [6.07, 6.45) is 0. The van der Waals surface area contributed by atoms with Gasteiger partial charge in [0.05, 0.1) is 12.2 Å². The van der Waals surface area contributed by atoms with Gasteiger partial charge in [0.2, 0.25) is 0 Å². The first kappa shape index (κ1) is 11.9. The first-order valence-corrected chi connectivity index (χ1v) is 4.28. The fourth-order valence-electron chi connectivity index (χ4n) is 0.897. The van der Waals surface area contributed by atoms with Crippen LogP contribution >= 0.6 is 0 Å². The van der Waals surface area contributed by atoms with Crippen molar-refractivity contribution >= 4 is 0 Å². The van der Waals surface area contributed by atoms with E-state index >= 15 is 0 Å². The minimum atomic E-state index is -0.767. The van der Waals surface area contributed by atoms with Gasteiger partial charge < -0.3 is 10.2 Å². The molecule has 0 fully saturated rings. The summed E-state index contributed by atoms with van der Waals surface area (Å²) in [5, 5.41) is 18.6. The highest BCUT2D eigenvalue weighted by Crippen LogP contribution is 2.26. The van der Waals surface area contributed by atoms with Crippen LogP contribution in [0, 0.1) is 0 Å². The Morgan fingerprint density at radius 3 is 1.83 bits per heavy atom. The standard InChI is InChI=1S/C9H21NO2/c1-8(2,9(3,4)12)10(5)6-7-11/h11-12H,6-7H2,1-5H3. The Bertz CT molecular complexity index is 138. The van der Waals surface area contributed by atoms with Crippen LogP contribution in [-0.2, 0) is 0 Å². The third kappa shape index (κ3) is 2.44. The number of nitrogens with zero attached hydrogens (tertiary/aromatic N) is 1. The zero-order valence-corrected chi connectivity index (χ0v) is 8.76. The summed E-state index contributed by atoms with van der Waals surface area (Å²) in [6.45, 7) is 8.18. The topological polar surface area (TPSA) is 43.7 Å². The molecule has 0 bridgehead atoms. The van der Waals surface area contributed by atoms with Crippen LogP contribution in [0.25, 0.3) is 0 Å². The maximum absolute atomic E-state index is 9.82. The molecule has 0 radical (unpaired) electrons. The Morgan fingerprint density at radius 2 is 1.58 bits per heavy atom. The first-order valence-electron chi connectivity index (χ1n) is 4.28. The highest BCUT2D eigenvalue weighted by atomic mass is 16.3. The summed E-state index contributed by atoms with van der Waals surface area (Å²) in [7, 11) is 1.90. The van der Waals surface area contributed by atoms with E-state index < -0.39 is 5.60 Å². The van der Waals surface area contributed by atoms with Gasteiger partial charge in [-0.1, -0.05) is 0 Å². The fraction of sp³-hybridized carbons (Fsp3) is 1.00. The molecule has 2 N–H and O–H groups in total. The monoisotopic (exact) mass is 175 g/mol. The molecule has 12 heavy (non-hydrogen) atoms. The van der Waals surface area contributed by atoms with Gasteiger partial charge >= 0.3 is 0 Å². The lowest BCUT2D eigenvalue weighted by Gasteiger charge is -2.44. The van der Waals surface area contributed by atoms with Crippen molar-refractivity contribution in [2.45, 2.75) is 38.8 Å². The number of hydrogen-bond acceptors (Lipinski definition) is 3. The van der Waals surface area contributed by atoms with E-state index in [4.69, 9.17) is 5.11 Å². The Balaban J connectivity index is 4.38. The minimum Gasteiger partial charge on any atom is -0.395 e. The molecule has 0 amide bonds. The zero-order chi connectivity index (χ0) is 9.99. The van der Waals surface area contributed by atoms with Gasteiger partial charge in [-0.15, -0.1) is 0 Å². The molecule has 0 heterocycles. The van der Waals surface area contributed by atoms with Crippen molar-refractivity contribution < 1.29 is 10.2 Å². The molecule has 0 saturated carbocycles. The van der Waals surface area contributed by atoms with Crippen molar-refractivity contribution in [3.05, 3.63) is 0 Å². The molecule has 0 aliphatic heterocycles. The quantitative estimate of drug-likeness (QED) is 0.652. The highest BCUT2D eigenvalue weighted by Gasteiger charge is 2.38. The molecule has 0 aromatic carbocycles. The third-order valence-corrected chi connectivity index (χ3v) is 2.89. The summed E-state index contributed by atoms with van der Waals surface area (Å²) in [4.78, 5) is 1.95. The van der Waals surface area contributed by atoms with Crippen LogP contribution in [-0.4, -0.2) is 46.5 Å². The van der Waals surface area contributed by atoms with Gasteiger partial charge in [0.1, 0.15) is 0 Å². The van der Waals surface area contributed by atoms with Crippen LogP contribution in [0.15, 0.2) is 0 Å². The van der Waals surface area contributed by atoms with Gasteiger partial charge in [0.25, 0.3) is 0 Å². The van der Waals surface area contributed by atoms with E-state index in [2.05, 4.69) is 0 Å². The Kier molecular flexibility index (Phi) is 3.69. The van der Waals surface area contributed by atoms with Crippen LogP contribution in [0.2, 0.25) is 0 Å². The van der Waals surface area contributed by atoms with E-state index in [-0.39, 0.29) is 12.1 Å². The van der Waals surface area contributed by atoms with Gasteiger partial charge in [0, 0.05) is 12.1 Å². The molecule has 0 saturated heterocycles. The van der Waals surface area contributed by atoms with Crippen LogP contribution in [0.4, 0.5) is 0 Å². The second-order valence-electron chi connectivity index (χ2n) is 4.26. The zero-order valence-electron chi connectivity index (χ0n) is 8.76. The molecule has 0 aromatic rings. The van der Waals surface area contributed by atoms with Crippen LogP contribution < -0.4 is 0 Å². The maximum atomic E-state index is 9.82. The van der Waals surface area contributed by atoms with Gasteiger partial charge in [-0.3, -0.25) is 4.90 Å². The van der Waals surface area contributed by atoms with E-state index in [1.54, 1.807) is 13.8 Å². The molecule has 3 nitrogen and oxygen atoms in total. The molecule has 0 unspecified atom stereocenters. The van der Waals surface area contributed by atoms with Crippen molar-refractivity contribution in [2.24, 2.45) is 0 Å². The summed E-state index contributed by atoms with van der Waals surface area (Å²) in [5.74, 6) is 0. The van der Waals surface area contributed by atoms with Crippen molar-refractivity contribution in [3.63, 3.8) is 0 Å². The molecular weight excluding hydrogens is 154 g/mol. The predicted octanol–water partition coefficient (Wildman–Crippen LogP) is 0.460. The van der Waals surface area contributed by atoms with Crippen LogP contribution in [0.1, 0.15) is 27.7 Å². The van der Waals surface area contributed by atoms with E-state index in [0.717, 1.165) is 0 Å². The lowest BCUT2D eigenvalue weighted by Crippen LogP contribution is -2.57. The van der Waals surface area contributed by atoms with Gasteiger partial charge in [-0.25, -0.2) is 0 Å². The largest absolute Gasteiger partial charge is 0.395 e. The first-order chi connectivity index (χ1) is 5.23. The molecule has 0 atom stereocenters. The average molecular weight is 175 g/mol. The summed E-state index contributed by atoms with van der Waals surface area (Å²) in [5.41, 5.74) is -1.09. The number of likely N-dealkylation sites (N-methyl/N-ethyl adjacent to an activating group) is 1. The van der Waals surface area contributed by atoms with E-state index in [1.807, 2.05) is 25.8 Å². The van der Waals surface area contributed by atoms with Crippen molar-refractivity contribution in [1.82, 2.24) is 4.90 Å². The molecule has 0 aromatic heterocycles. The Morgan fingerprint density at radius 1 is 1.17 bits per heavy atom. The number of β-amino-alcohol motifs (C(OH)–C–C–N with tert-alkyl or cyclic N) is 1. The maximum Gasteiger partial charge on any atom is 0.0769 e. The van der Waals surface area contributed by atoms with Crippen LogP contribution in [0.3, 0.4) is 0 Å². The van der Waals surface area contributed by atoms with Crippen molar-refractivity contribution in [2.75, 3.05) is 20.2 Å². The van der Waals surface area contributed by atoms with Crippen LogP contribution in [0.5, 0.6) is 0 Å². The minimum absolute atomic E-state index is 0.121. The van der Waals surface area contributed by atoms with Gasteiger partial charge in [-0.05, 0) is 34.7 Å². The average Bonchev–Trinajstić information content (AvgIpc) is 1.85. The highest BCUT2D eigenvalue weighted by molar-refractivity contribution is 4.94. The lowest BCUT2D eigenvalue weighted by atomic mass is 9.84. The Hall–Kier alpha value is -0.120. The third-order valence-electron chi connectivity index (χ3n) is 2.89. The molecule has 74 valence electrons. The molecule has 0 aliphatic carbocycles. The molecule has 0 aliphatic rings. The van der Waals surface area contributed by atoms with E-state index in [9.17, 15) is 5.11 Å². The van der Waals surface area contributed by atoms with Crippen molar-refractivity contribution in [3.8, 4) is 0 Å². The normalized spacial score (nSPS) is 14.0. The SMILES string of the molecule is CN(CCO)C(C)(C)C(C)(C)O. The summed E-state index contributed by atoms with van der Waals surface area (Å²) < 4.78 is 0.